The summed E-state index contributed by atoms with van der Waals surface area (Å²) in [5.41, 5.74) is 0. The summed E-state index contributed by atoms with van der Waals surface area (Å²) in [5, 5.41) is 1.54. The Hall–Kier alpha value is -0.250. The van der Waals surface area contributed by atoms with E-state index in [0.717, 1.165) is 11.1 Å². The Balaban J connectivity index is 2.18. The lowest BCUT2D eigenvalue weighted by Crippen LogP contribution is -2.07. The van der Waals surface area contributed by atoms with Gasteiger partial charge in [-0.15, -0.1) is 0 Å². The number of hydrogen-bond donors (Lipinski definition) is 0. The maximum atomic E-state index is 5.79. The average Bonchev–Trinajstić information content (AvgIpc) is 2.18. The molecule has 2 nitrogen and oxygen atoms in total. The Morgan fingerprint density at radius 3 is 2.79 bits per heavy atom. The van der Waals surface area contributed by atoms with Crippen LogP contribution < -0.4 is 4.74 Å². The summed E-state index contributed by atoms with van der Waals surface area (Å²) >= 11 is 9.06. The Bertz CT molecular complexity index is 268. The number of hydrogen-bond acceptors (Lipinski definition) is 2. The van der Waals surface area contributed by atoms with Crippen molar-refractivity contribution < 1.29 is 9.47 Å². The molecule has 0 amide bonds. The highest BCUT2D eigenvalue weighted by Gasteiger charge is 1.94. The summed E-state index contributed by atoms with van der Waals surface area (Å²) in [4.78, 5) is 0. The smallest absolute Gasteiger partial charge is 0.120 e. The predicted molar refractivity (Wildman–Crippen MR) is 61.6 cm³/mol. The maximum Gasteiger partial charge on any atom is 0.120 e. The number of alkyl halides is 1. The zero-order valence-electron chi connectivity index (χ0n) is 7.71. The number of halogens is 2. The van der Waals surface area contributed by atoms with Gasteiger partial charge in [0, 0.05) is 10.4 Å². The van der Waals surface area contributed by atoms with Crippen LogP contribution in [0.2, 0.25) is 5.02 Å². The van der Waals surface area contributed by atoms with Crippen molar-refractivity contribution in [2.24, 2.45) is 0 Å². The molecule has 0 aromatic heterocycles. The SMILES string of the molecule is Clc1cccc(OCCOCCBr)c1. The predicted octanol–water partition coefficient (Wildman–Crippen LogP) is 3.13. The van der Waals surface area contributed by atoms with Gasteiger partial charge in [0.05, 0.1) is 13.2 Å². The molecule has 0 N–H and O–H groups in total. The molecule has 78 valence electrons. The highest BCUT2D eigenvalue weighted by atomic mass is 79.9. The Morgan fingerprint density at radius 2 is 2.07 bits per heavy atom. The van der Waals surface area contributed by atoms with E-state index in [1.54, 1.807) is 6.07 Å². The minimum absolute atomic E-state index is 0.549. The van der Waals surface area contributed by atoms with Gasteiger partial charge in [-0.3, -0.25) is 0 Å². The van der Waals surface area contributed by atoms with Gasteiger partial charge in [0.2, 0.25) is 0 Å². The fourth-order valence-corrected chi connectivity index (χ4v) is 1.34. The second-order valence-corrected chi connectivity index (χ2v) is 3.84. The Kier molecular flexibility index (Phi) is 5.99. The molecule has 0 aliphatic heterocycles. The molecule has 0 saturated heterocycles. The van der Waals surface area contributed by atoms with Crippen LogP contribution in [0, 0.1) is 0 Å². The van der Waals surface area contributed by atoms with Crippen LogP contribution in [-0.2, 0) is 4.74 Å². The van der Waals surface area contributed by atoms with Gasteiger partial charge in [-0.25, -0.2) is 0 Å². The first kappa shape index (κ1) is 11.8. The van der Waals surface area contributed by atoms with E-state index in [2.05, 4.69) is 15.9 Å². The molecule has 0 heterocycles. The maximum absolute atomic E-state index is 5.79. The van der Waals surface area contributed by atoms with E-state index in [4.69, 9.17) is 21.1 Å². The first-order valence-electron chi connectivity index (χ1n) is 4.35. The van der Waals surface area contributed by atoms with E-state index >= 15 is 0 Å². The van der Waals surface area contributed by atoms with Crippen LogP contribution in [0.4, 0.5) is 0 Å². The summed E-state index contributed by atoms with van der Waals surface area (Å²) in [7, 11) is 0. The molecule has 0 bridgehead atoms. The van der Waals surface area contributed by atoms with Gasteiger partial charge in [-0.2, -0.15) is 0 Å². The molecule has 1 aromatic carbocycles. The molecular formula is C10H12BrClO2. The van der Waals surface area contributed by atoms with Crippen LogP contribution in [0.5, 0.6) is 5.75 Å². The minimum atomic E-state index is 0.549. The standard InChI is InChI=1S/C10H12BrClO2/c11-4-5-13-6-7-14-10-3-1-2-9(12)8-10/h1-3,8H,4-7H2. The second-order valence-electron chi connectivity index (χ2n) is 2.61. The van der Waals surface area contributed by atoms with Gasteiger partial charge in [0.15, 0.2) is 0 Å². The van der Waals surface area contributed by atoms with E-state index in [9.17, 15) is 0 Å². The quantitative estimate of drug-likeness (QED) is 0.588. The van der Waals surface area contributed by atoms with E-state index in [0.29, 0.717) is 24.8 Å². The fourth-order valence-electron chi connectivity index (χ4n) is 0.932. The topological polar surface area (TPSA) is 18.5 Å². The molecule has 0 saturated carbocycles. The Labute approximate surface area is 97.3 Å². The number of benzene rings is 1. The van der Waals surface area contributed by atoms with Crippen molar-refractivity contribution in [2.75, 3.05) is 25.2 Å². The fraction of sp³-hybridized carbons (Fsp3) is 0.400. The van der Waals surface area contributed by atoms with Crippen LogP contribution in [-0.4, -0.2) is 25.2 Å². The molecule has 0 spiro atoms. The molecule has 0 atom stereocenters. The molecule has 4 heteroatoms. The van der Waals surface area contributed by atoms with Gasteiger partial charge in [0.25, 0.3) is 0 Å². The van der Waals surface area contributed by atoms with Crippen molar-refractivity contribution in [1.82, 2.24) is 0 Å². The lowest BCUT2D eigenvalue weighted by atomic mass is 10.3. The summed E-state index contributed by atoms with van der Waals surface area (Å²) in [6, 6.07) is 7.33. The van der Waals surface area contributed by atoms with Crippen molar-refractivity contribution in [1.29, 1.82) is 0 Å². The van der Waals surface area contributed by atoms with Gasteiger partial charge >= 0.3 is 0 Å². The monoisotopic (exact) mass is 278 g/mol. The highest BCUT2D eigenvalue weighted by molar-refractivity contribution is 9.09. The molecular weight excluding hydrogens is 267 g/mol. The first-order chi connectivity index (χ1) is 6.83. The average molecular weight is 280 g/mol. The Morgan fingerprint density at radius 1 is 1.21 bits per heavy atom. The number of ether oxygens (including phenoxy) is 2. The largest absolute Gasteiger partial charge is 0.491 e. The van der Waals surface area contributed by atoms with Crippen molar-refractivity contribution in [2.45, 2.75) is 0 Å². The second kappa shape index (κ2) is 7.10. The zero-order valence-corrected chi connectivity index (χ0v) is 10.1. The number of rotatable bonds is 6. The van der Waals surface area contributed by atoms with Gasteiger partial charge in [-0.1, -0.05) is 33.6 Å². The summed E-state index contributed by atoms with van der Waals surface area (Å²) in [5.74, 6) is 0.778. The van der Waals surface area contributed by atoms with Crippen LogP contribution in [0.25, 0.3) is 0 Å². The lowest BCUT2D eigenvalue weighted by Gasteiger charge is -2.06. The van der Waals surface area contributed by atoms with Crippen LogP contribution in [0.1, 0.15) is 0 Å². The molecule has 1 rings (SSSR count). The first-order valence-corrected chi connectivity index (χ1v) is 5.85. The van der Waals surface area contributed by atoms with E-state index in [-0.39, 0.29) is 0 Å². The zero-order chi connectivity index (χ0) is 10.2. The van der Waals surface area contributed by atoms with Gasteiger partial charge in [0.1, 0.15) is 12.4 Å². The van der Waals surface area contributed by atoms with Crippen molar-refractivity contribution >= 4 is 27.5 Å². The van der Waals surface area contributed by atoms with Crippen LogP contribution in [0.3, 0.4) is 0 Å². The van der Waals surface area contributed by atoms with Crippen LogP contribution >= 0.6 is 27.5 Å². The van der Waals surface area contributed by atoms with E-state index in [1.807, 2.05) is 18.2 Å². The molecule has 0 fully saturated rings. The summed E-state index contributed by atoms with van der Waals surface area (Å²) < 4.78 is 10.6. The summed E-state index contributed by atoms with van der Waals surface area (Å²) in [6.07, 6.45) is 0. The van der Waals surface area contributed by atoms with Gasteiger partial charge < -0.3 is 9.47 Å². The van der Waals surface area contributed by atoms with E-state index in [1.165, 1.54) is 0 Å². The third kappa shape index (κ3) is 4.84. The molecule has 14 heavy (non-hydrogen) atoms. The third-order valence-electron chi connectivity index (χ3n) is 1.51. The molecule has 1 aromatic rings. The molecule has 0 unspecified atom stereocenters. The third-order valence-corrected chi connectivity index (χ3v) is 2.07. The normalized spacial score (nSPS) is 10.1. The van der Waals surface area contributed by atoms with E-state index < -0.39 is 0 Å². The molecule has 0 radical (unpaired) electrons. The van der Waals surface area contributed by atoms with Crippen molar-refractivity contribution in [3.63, 3.8) is 0 Å². The highest BCUT2D eigenvalue weighted by Crippen LogP contribution is 2.16. The molecule has 0 aliphatic rings. The van der Waals surface area contributed by atoms with Crippen LogP contribution in [0.15, 0.2) is 24.3 Å². The lowest BCUT2D eigenvalue weighted by molar-refractivity contribution is 0.112. The summed E-state index contributed by atoms with van der Waals surface area (Å²) in [6.45, 7) is 1.85. The van der Waals surface area contributed by atoms with Crippen molar-refractivity contribution in [3.8, 4) is 5.75 Å². The van der Waals surface area contributed by atoms with Gasteiger partial charge in [-0.05, 0) is 18.2 Å². The van der Waals surface area contributed by atoms with Crippen molar-refractivity contribution in [3.05, 3.63) is 29.3 Å². The molecule has 0 aliphatic carbocycles. The minimum Gasteiger partial charge on any atom is -0.491 e.